The molecule has 1 aromatic heterocycles. The maximum atomic E-state index is 12.4. The predicted molar refractivity (Wildman–Crippen MR) is 105 cm³/mol. The average molecular weight is 397 g/mol. The topological polar surface area (TPSA) is 82.6 Å². The minimum absolute atomic E-state index is 0.172. The number of hydrogen-bond donors (Lipinski definition) is 1. The van der Waals surface area contributed by atoms with Crippen LogP contribution in [0.15, 0.2) is 42.5 Å². The highest BCUT2D eigenvalue weighted by Gasteiger charge is 2.17. The van der Waals surface area contributed by atoms with E-state index in [-0.39, 0.29) is 12.7 Å². The molecular weight excluding hydrogens is 378 g/mol. The molecule has 4 rings (SSSR count). The Morgan fingerprint density at radius 2 is 1.96 bits per heavy atom. The van der Waals surface area contributed by atoms with E-state index in [2.05, 4.69) is 34.6 Å². The van der Waals surface area contributed by atoms with E-state index in [1.165, 1.54) is 16.9 Å². The number of benzene rings is 2. The van der Waals surface area contributed by atoms with Crippen LogP contribution in [0.3, 0.4) is 0 Å². The largest absolute Gasteiger partial charge is 0.493 e. The number of nitrogens with one attached hydrogen (secondary N) is 1. The lowest BCUT2D eigenvalue weighted by Gasteiger charge is -2.05. The van der Waals surface area contributed by atoms with Gasteiger partial charge in [-0.2, -0.15) is 0 Å². The van der Waals surface area contributed by atoms with E-state index in [0.29, 0.717) is 35.2 Å². The van der Waals surface area contributed by atoms with E-state index in [9.17, 15) is 4.79 Å². The number of amides is 1. The Labute approximate surface area is 166 Å². The van der Waals surface area contributed by atoms with Crippen LogP contribution < -0.4 is 19.5 Å². The lowest BCUT2D eigenvalue weighted by atomic mass is 10.2. The summed E-state index contributed by atoms with van der Waals surface area (Å²) in [5, 5.41) is 12.1. The molecule has 1 amide bonds. The highest BCUT2D eigenvalue weighted by atomic mass is 32.1. The molecule has 0 saturated carbocycles. The summed E-state index contributed by atoms with van der Waals surface area (Å²) in [7, 11) is 0. The summed E-state index contributed by atoms with van der Waals surface area (Å²) >= 11 is 1.33. The van der Waals surface area contributed by atoms with Crippen molar-refractivity contribution in [2.24, 2.45) is 0 Å². The molecule has 0 radical (unpaired) electrons. The van der Waals surface area contributed by atoms with Gasteiger partial charge in [0.05, 0.1) is 6.61 Å². The van der Waals surface area contributed by atoms with Gasteiger partial charge in [0.2, 0.25) is 11.9 Å². The van der Waals surface area contributed by atoms with Crippen LogP contribution in [-0.2, 0) is 12.8 Å². The van der Waals surface area contributed by atoms with E-state index < -0.39 is 0 Å². The molecule has 0 aliphatic carbocycles. The van der Waals surface area contributed by atoms with Crippen LogP contribution in [0.2, 0.25) is 0 Å². The van der Waals surface area contributed by atoms with Crippen LogP contribution in [0, 0.1) is 0 Å². The highest BCUT2D eigenvalue weighted by molar-refractivity contribution is 7.15. The average Bonchev–Trinajstić information content (AvgIpc) is 3.37. The van der Waals surface area contributed by atoms with Gasteiger partial charge in [0.25, 0.3) is 5.91 Å². The van der Waals surface area contributed by atoms with Crippen molar-refractivity contribution in [3.8, 4) is 17.2 Å². The molecule has 0 fully saturated rings. The van der Waals surface area contributed by atoms with Crippen LogP contribution in [0.1, 0.15) is 27.9 Å². The summed E-state index contributed by atoms with van der Waals surface area (Å²) in [6.07, 6.45) is 1.62. The van der Waals surface area contributed by atoms with Crippen molar-refractivity contribution in [3.05, 3.63) is 58.6 Å². The van der Waals surface area contributed by atoms with Crippen LogP contribution >= 0.6 is 11.3 Å². The maximum Gasteiger partial charge on any atom is 0.257 e. The third-order valence-corrected chi connectivity index (χ3v) is 5.14. The lowest BCUT2D eigenvalue weighted by molar-refractivity contribution is 0.102. The van der Waals surface area contributed by atoms with E-state index in [1.54, 1.807) is 18.2 Å². The van der Waals surface area contributed by atoms with Crippen LogP contribution in [0.25, 0.3) is 0 Å². The molecule has 3 aromatic rings. The number of nitrogens with zero attached hydrogens (tertiary/aromatic N) is 2. The molecule has 28 heavy (non-hydrogen) atoms. The molecule has 0 unspecified atom stereocenters. The molecular formula is C20H19N3O4S. The van der Waals surface area contributed by atoms with Gasteiger partial charge in [-0.15, -0.1) is 10.2 Å². The van der Waals surface area contributed by atoms with Crippen LogP contribution in [0.5, 0.6) is 17.2 Å². The third kappa shape index (κ3) is 4.23. The van der Waals surface area contributed by atoms with E-state index in [0.717, 1.165) is 17.2 Å². The predicted octanol–water partition coefficient (Wildman–Crippen LogP) is 3.70. The van der Waals surface area contributed by atoms with Gasteiger partial charge in [0.1, 0.15) is 10.8 Å². The van der Waals surface area contributed by atoms with Gasteiger partial charge >= 0.3 is 0 Å². The van der Waals surface area contributed by atoms with Crippen molar-refractivity contribution in [1.82, 2.24) is 10.2 Å². The van der Waals surface area contributed by atoms with Gasteiger partial charge in [0, 0.05) is 12.0 Å². The second kappa shape index (κ2) is 8.26. The fourth-order valence-corrected chi connectivity index (χ4v) is 3.41. The Morgan fingerprint density at radius 1 is 1.14 bits per heavy atom. The van der Waals surface area contributed by atoms with Gasteiger partial charge in [-0.05, 0) is 42.3 Å². The van der Waals surface area contributed by atoms with Gasteiger partial charge < -0.3 is 14.2 Å². The molecule has 7 nitrogen and oxygen atoms in total. The first-order valence-corrected chi connectivity index (χ1v) is 9.78. The second-order valence-electron chi connectivity index (χ2n) is 6.12. The molecule has 0 atom stereocenters. The lowest BCUT2D eigenvalue weighted by Crippen LogP contribution is -2.11. The SMILES string of the molecule is CCc1ccc(OCCc2nnc(NC(=O)c3ccc4c(c3)OCO4)s2)cc1. The summed E-state index contributed by atoms with van der Waals surface area (Å²) in [5.74, 6) is 1.76. The zero-order chi connectivity index (χ0) is 19.3. The fraction of sp³-hybridized carbons (Fsp3) is 0.250. The van der Waals surface area contributed by atoms with Crippen molar-refractivity contribution in [3.63, 3.8) is 0 Å². The molecule has 0 saturated heterocycles. The molecule has 1 aliphatic rings. The van der Waals surface area contributed by atoms with E-state index in [4.69, 9.17) is 14.2 Å². The Bertz CT molecular complexity index is 972. The van der Waals surface area contributed by atoms with Crippen molar-refractivity contribution in [2.45, 2.75) is 19.8 Å². The smallest absolute Gasteiger partial charge is 0.257 e. The Balaban J connectivity index is 1.29. The number of ether oxygens (including phenoxy) is 3. The zero-order valence-electron chi connectivity index (χ0n) is 15.3. The highest BCUT2D eigenvalue weighted by Crippen LogP contribution is 2.32. The standard InChI is InChI=1S/C20H19N3O4S/c1-2-13-3-6-15(7-4-13)25-10-9-18-22-23-20(28-18)21-19(24)14-5-8-16-17(11-14)27-12-26-16/h3-8,11H,2,9-10,12H2,1H3,(H,21,23,24). The summed E-state index contributed by atoms with van der Waals surface area (Å²) in [4.78, 5) is 12.4. The molecule has 8 heteroatoms. The monoisotopic (exact) mass is 397 g/mol. The molecule has 144 valence electrons. The minimum Gasteiger partial charge on any atom is -0.493 e. The first kappa shape index (κ1) is 18.2. The van der Waals surface area contributed by atoms with Crippen molar-refractivity contribution in [1.29, 1.82) is 0 Å². The van der Waals surface area contributed by atoms with E-state index in [1.807, 2.05) is 12.1 Å². The minimum atomic E-state index is -0.270. The Hall–Kier alpha value is -3.13. The fourth-order valence-electron chi connectivity index (χ4n) is 2.69. The number of carbonyl (C=O) groups is 1. The number of aryl methyl sites for hydroxylation is 1. The summed E-state index contributed by atoms with van der Waals surface area (Å²) in [6.45, 7) is 2.79. The summed E-state index contributed by atoms with van der Waals surface area (Å²) < 4.78 is 16.3. The molecule has 1 N–H and O–H groups in total. The number of carbonyl (C=O) groups excluding carboxylic acids is 1. The number of rotatable bonds is 7. The van der Waals surface area contributed by atoms with Gasteiger partial charge in [-0.1, -0.05) is 30.4 Å². The summed E-state index contributed by atoms with van der Waals surface area (Å²) in [5.41, 5.74) is 1.75. The molecule has 0 spiro atoms. The molecule has 2 aromatic carbocycles. The zero-order valence-corrected chi connectivity index (χ0v) is 16.1. The van der Waals surface area contributed by atoms with Crippen LogP contribution in [0.4, 0.5) is 5.13 Å². The Kier molecular flexibility index (Phi) is 5.38. The first-order valence-electron chi connectivity index (χ1n) is 8.96. The van der Waals surface area contributed by atoms with Crippen molar-refractivity contribution >= 4 is 22.4 Å². The van der Waals surface area contributed by atoms with Gasteiger partial charge in [-0.25, -0.2) is 0 Å². The van der Waals surface area contributed by atoms with Crippen molar-refractivity contribution < 1.29 is 19.0 Å². The normalized spacial score (nSPS) is 12.0. The van der Waals surface area contributed by atoms with Gasteiger partial charge in [-0.3, -0.25) is 10.1 Å². The number of hydrogen-bond acceptors (Lipinski definition) is 7. The molecule has 1 aliphatic heterocycles. The Morgan fingerprint density at radius 3 is 2.79 bits per heavy atom. The van der Waals surface area contributed by atoms with Crippen LogP contribution in [-0.4, -0.2) is 29.5 Å². The number of anilines is 1. The molecule has 2 heterocycles. The van der Waals surface area contributed by atoms with Crippen molar-refractivity contribution in [2.75, 3.05) is 18.7 Å². The second-order valence-corrected chi connectivity index (χ2v) is 7.18. The summed E-state index contributed by atoms with van der Waals surface area (Å²) in [6, 6.07) is 13.1. The number of aromatic nitrogens is 2. The third-order valence-electron chi connectivity index (χ3n) is 4.24. The van der Waals surface area contributed by atoms with Gasteiger partial charge in [0.15, 0.2) is 11.5 Å². The first-order chi connectivity index (χ1) is 13.7. The maximum absolute atomic E-state index is 12.4. The van der Waals surface area contributed by atoms with E-state index >= 15 is 0 Å². The quantitative estimate of drug-likeness (QED) is 0.655. The number of fused-ring (bicyclic) bond motifs is 1. The molecule has 0 bridgehead atoms.